The summed E-state index contributed by atoms with van der Waals surface area (Å²) in [6.07, 6.45) is 0.592. The Morgan fingerprint density at radius 2 is 2.11 bits per heavy atom. The molecule has 0 radical (unpaired) electrons. The molecule has 2 rings (SSSR count). The number of hydrogen-bond acceptors (Lipinski definition) is 2. The molecule has 1 aromatic heterocycles. The van der Waals surface area contributed by atoms with Crippen molar-refractivity contribution in [2.75, 3.05) is 0 Å². The van der Waals surface area contributed by atoms with Gasteiger partial charge in [0.25, 0.3) is 0 Å². The molecule has 0 aliphatic rings. The molecular weight excluding hydrogens is 241 g/mol. The van der Waals surface area contributed by atoms with Crippen LogP contribution in [0, 0.1) is 19.7 Å². The van der Waals surface area contributed by atoms with Crippen molar-refractivity contribution in [3.05, 3.63) is 52.6 Å². The lowest BCUT2D eigenvalue weighted by Crippen LogP contribution is -2.17. The lowest BCUT2D eigenvalue weighted by molar-refractivity contribution is 0.551. The van der Waals surface area contributed by atoms with E-state index in [9.17, 15) is 4.39 Å². The minimum absolute atomic E-state index is 0.200. The number of rotatable bonds is 4. The molecule has 0 saturated carbocycles. The summed E-state index contributed by atoms with van der Waals surface area (Å²) in [5.74, 6) is -0.200. The van der Waals surface area contributed by atoms with E-state index in [-0.39, 0.29) is 11.9 Å². The second-order valence-electron chi connectivity index (χ2n) is 4.88. The highest BCUT2D eigenvalue weighted by molar-refractivity contribution is 5.28. The summed E-state index contributed by atoms with van der Waals surface area (Å²) in [5.41, 5.74) is 9.37. The van der Waals surface area contributed by atoms with Crippen LogP contribution < -0.4 is 5.73 Å². The highest BCUT2D eigenvalue weighted by atomic mass is 19.1. The van der Waals surface area contributed by atoms with E-state index in [1.54, 1.807) is 19.1 Å². The SMILES string of the molecule is CCn1nc(C)cc1CC(N)c1cccc(C)c1F. The summed E-state index contributed by atoms with van der Waals surface area (Å²) in [4.78, 5) is 0. The average Bonchev–Trinajstić information content (AvgIpc) is 2.72. The Morgan fingerprint density at radius 3 is 2.79 bits per heavy atom. The van der Waals surface area contributed by atoms with Gasteiger partial charge in [-0.3, -0.25) is 4.68 Å². The number of nitrogens with two attached hydrogens (primary N) is 1. The van der Waals surface area contributed by atoms with Crippen molar-refractivity contribution in [2.45, 2.75) is 39.8 Å². The third-order valence-electron chi connectivity index (χ3n) is 3.34. The van der Waals surface area contributed by atoms with E-state index in [1.165, 1.54) is 0 Å². The van der Waals surface area contributed by atoms with Crippen LogP contribution in [0.25, 0.3) is 0 Å². The van der Waals surface area contributed by atoms with Gasteiger partial charge in [0.2, 0.25) is 0 Å². The summed E-state index contributed by atoms with van der Waals surface area (Å²) in [6.45, 7) is 6.54. The van der Waals surface area contributed by atoms with Crippen LogP contribution in [0.15, 0.2) is 24.3 Å². The fourth-order valence-corrected chi connectivity index (χ4v) is 2.33. The van der Waals surface area contributed by atoms with Crippen LogP contribution in [-0.2, 0) is 13.0 Å². The summed E-state index contributed by atoms with van der Waals surface area (Å²) in [6, 6.07) is 7.02. The molecule has 19 heavy (non-hydrogen) atoms. The third-order valence-corrected chi connectivity index (χ3v) is 3.34. The quantitative estimate of drug-likeness (QED) is 0.919. The predicted molar refractivity (Wildman–Crippen MR) is 74.4 cm³/mol. The first-order valence-corrected chi connectivity index (χ1v) is 6.56. The monoisotopic (exact) mass is 261 g/mol. The Morgan fingerprint density at radius 1 is 1.37 bits per heavy atom. The normalized spacial score (nSPS) is 12.7. The summed E-state index contributed by atoms with van der Waals surface area (Å²) >= 11 is 0. The molecule has 0 aliphatic heterocycles. The van der Waals surface area contributed by atoms with Gasteiger partial charge in [0.05, 0.1) is 5.69 Å². The summed E-state index contributed by atoms with van der Waals surface area (Å²) in [7, 11) is 0. The largest absolute Gasteiger partial charge is 0.324 e. The minimum atomic E-state index is -0.346. The van der Waals surface area contributed by atoms with Gasteiger partial charge in [-0.25, -0.2) is 4.39 Å². The van der Waals surface area contributed by atoms with E-state index >= 15 is 0 Å². The molecule has 0 aliphatic carbocycles. The Kier molecular flexibility index (Phi) is 4.00. The third kappa shape index (κ3) is 2.84. The molecule has 0 bridgehead atoms. The topological polar surface area (TPSA) is 43.8 Å². The summed E-state index contributed by atoms with van der Waals surface area (Å²) < 4.78 is 16.0. The van der Waals surface area contributed by atoms with Crippen molar-refractivity contribution in [1.29, 1.82) is 0 Å². The maximum atomic E-state index is 14.0. The van der Waals surface area contributed by atoms with Crippen LogP contribution >= 0.6 is 0 Å². The number of hydrogen-bond donors (Lipinski definition) is 1. The van der Waals surface area contributed by atoms with Gasteiger partial charge in [0.1, 0.15) is 5.82 Å². The second kappa shape index (κ2) is 5.53. The van der Waals surface area contributed by atoms with Crippen LogP contribution in [0.5, 0.6) is 0 Å². The van der Waals surface area contributed by atoms with E-state index in [4.69, 9.17) is 5.73 Å². The number of benzene rings is 1. The van der Waals surface area contributed by atoms with Crippen molar-refractivity contribution >= 4 is 0 Å². The molecule has 4 heteroatoms. The molecule has 0 saturated heterocycles. The first-order valence-electron chi connectivity index (χ1n) is 6.56. The zero-order chi connectivity index (χ0) is 14.0. The van der Waals surface area contributed by atoms with Gasteiger partial charge in [-0.1, -0.05) is 18.2 Å². The van der Waals surface area contributed by atoms with Crippen molar-refractivity contribution in [3.63, 3.8) is 0 Å². The fraction of sp³-hybridized carbons (Fsp3) is 0.400. The van der Waals surface area contributed by atoms with Crippen LogP contribution in [0.3, 0.4) is 0 Å². The zero-order valence-electron chi connectivity index (χ0n) is 11.7. The first kappa shape index (κ1) is 13.7. The molecule has 1 aromatic carbocycles. The van der Waals surface area contributed by atoms with Gasteiger partial charge >= 0.3 is 0 Å². The lowest BCUT2D eigenvalue weighted by atomic mass is 10.00. The maximum Gasteiger partial charge on any atom is 0.130 e. The number of nitrogens with zero attached hydrogens (tertiary/aromatic N) is 2. The first-order chi connectivity index (χ1) is 9.02. The van der Waals surface area contributed by atoms with E-state index in [2.05, 4.69) is 5.10 Å². The van der Waals surface area contributed by atoms with E-state index < -0.39 is 0 Å². The minimum Gasteiger partial charge on any atom is -0.324 e. The molecule has 3 nitrogen and oxygen atoms in total. The van der Waals surface area contributed by atoms with Crippen LogP contribution in [-0.4, -0.2) is 9.78 Å². The Bertz CT molecular complexity index is 575. The highest BCUT2D eigenvalue weighted by Gasteiger charge is 2.15. The van der Waals surface area contributed by atoms with Crippen molar-refractivity contribution < 1.29 is 4.39 Å². The van der Waals surface area contributed by atoms with Gasteiger partial charge in [0, 0.05) is 30.3 Å². The number of aromatic nitrogens is 2. The number of aryl methyl sites for hydroxylation is 3. The molecule has 102 valence electrons. The van der Waals surface area contributed by atoms with Gasteiger partial charge in [-0.05, 0) is 32.4 Å². The smallest absolute Gasteiger partial charge is 0.130 e. The number of halogens is 1. The average molecular weight is 261 g/mol. The van der Waals surface area contributed by atoms with Crippen molar-refractivity contribution in [1.82, 2.24) is 9.78 Å². The predicted octanol–water partition coefficient (Wildman–Crippen LogP) is 2.90. The van der Waals surface area contributed by atoms with Gasteiger partial charge in [-0.2, -0.15) is 5.10 Å². The molecule has 2 aromatic rings. The Hall–Kier alpha value is -1.68. The molecular formula is C15H20FN3. The van der Waals surface area contributed by atoms with E-state index in [0.29, 0.717) is 17.5 Å². The standard InChI is InChI=1S/C15H20FN3/c1-4-19-12(8-11(3)18-19)9-14(17)13-7-5-6-10(2)15(13)16/h5-8,14H,4,9,17H2,1-3H3. The molecule has 2 N–H and O–H groups in total. The summed E-state index contributed by atoms with van der Waals surface area (Å²) in [5, 5.41) is 4.38. The fourth-order valence-electron chi connectivity index (χ4n) is 2.33. The zero-order valence-corrected chi connectivity index (χ0v) is 11.7. The van der Waals surface area contributed by atoms with Crippen LogP contribution in [0.4, 0.5) is 4.39 Å². The maximum absolute atomic E-state index is 14.0. The molecule has 1 atom stereocenters. The highest BCUT2D eigenvalue weighted by Crippen LogP contribution is 2.21. The Labute approximate surface area is 113 Å². The molecule has 1 heterocycles. The van der Waals surface area contributed by atoms with E-state index in [0.717, 1.165) is 17.9 Å². The van der Waals surface area contributed by atoms with Crippen LogP contribution in [0.1, 0.15) is 35.5 Å². The molecule has 0 spiro atoms. The molecule has 0 fully saturated rings. The van der Waals surface area contributed by atoms with Gasteiger partial charge < -0.3 is 5.73 Å². The lowest BCUT2D eigenvalue weighted by Gasteiger charge is -2.14. The Balaban J connectivity index is 2.25. The molecule has 1 unspecified atom stereocenters. The van der Waals surface area contributed by atoms with Gasteiger partial charge in [0.15, 0.2) is 0 Å². The molecule has 0 amide bonds. The van der Waals surface area contributed by atoms with Gasteiger partial charge in [-0.15, -0.1) is 0 Å². The van der Waals surface area contributed by atoms with Crippen molar-refractivity contribution in [2.24, 2.45) is 5.73 Å². The van der Waals surface area contributed by atoms with Crippen molar-refractivity contribution in [3.8, 4) is 0 Å². The second-order valence-corrected chi connectivity index (χ2v) is 4.88. The van der Waals surface area contributed by atoms with Crippen LogP contribution in [0.2, 0.25) is 0 Å². The van der Waals surface area contributed by atoms with E-state index in [1.807, 2.05) is 30.7 Å².